The van der Waals surface area contributed by atoms with Crippen LogP contribution in [-0.4, -0.2) is 15.6 Å². The highest BCUT2D eigenvalue weighted by Gasteiger charge is 2.07. The Morgan fingerprint density at radius 1 is 1.31 bits per heavy atom. The maximum atomic E-state index is 11.8. The minimum atomic E-state index is -0.199. The molecule has 1 N–H and O–H groups in total. The molecule has 4 heteroatoms. The summed E-state index contributed by atoms with van der Waals surface area (Å²) in [6, 6.07) is 5.71. The molecule has 1 heterocycles. The van der Waals surface area contributed by atoms with Crippen molar-refractivity contribution in [3.63, 3.8) is 0 Å². The molecule has 0 atom stereocenters. The van der Waals surface area contributed by atoms with Gasteiger partial charge in [0.15, 0.2) is 0 Å². The topological polar surface area (TPSA) is 46.9 Å². The van der Waals surface area contributed by atoms with Gasteiger partial charge in [0.25, 0.3) is 0 Å². The number of aryl methyl sites for hydroxylation is 2. The summed E-state index contributed by atoms with van der Waals surface area (Å²) in [6.45, 7) is 3.94. The average Bonchev–Trinajstić information content (AvgIpc) is 2.76. The number of amides is 1. The van der Waals surface area contributed by atoms with Crippen LogP contribution in [0.2, 0.25) is 0 Å². The zero-order valence-corrected chi connectivity index (χ0v) is 9.27. The highest BCUT2D eigenvalue weighted by Crippen LogP contribution is 2.19. The molecule has 0 spiro atoms. The van der Waals surface area contributed by atoms with E-state index >= 15 is 0 Å². The SMILES string of the molecule is Cc1cccc(C)c1NC(=O)n1ccnc1. The van der Waals surface area contributed by atoms with Crippen molar-refractivity contribution in [3.05, 3.63) is 48.0 Å². The predicted octanol–water partition coefficient (Wildman–Crippen LogP) is 2.58. The van der Waals surface area contributed by atoms with Gasteiger partial charge in [-0.3, -0.25) is 4.57 Å². The smallest absolute Gasteiger partial charge is 0.307 e. The van der Waals surface area contributed by atoms with Crippen molar-refractivity contribution in [2.75, 3.05) is 5.32 Å². The number of anilines is 1. The Morgan fingerprint density at radius 3 is 2.56 bits per heavy atom. The predicted molar refractivity (Wildman–Crippen MR) is 62.6 cm³/mol. The molecule has 0 unspecified atom stereocenters. The van der Waals surface area contributed by atoms with Crippen LogP contribution in [0.25, 0.3) is 0 Å². The molecule has 0 aliphatic heterocycles. The molecular weight excluding hydrogens is 202 g/mol. The molecule has 2 rings (SSSR count). The van der Waals surface area contributed by atoms with Crippen LogP contribution in [0.15, 0.2) is 36.9 Å². The summed E-state index contributed by atoms with van der Waals surface area (Å²) in [7, 11) is 0. The zero-order valence-electron chi connectivity index (χ0n) is 9.27. The van der Waals surface area contributed by atoms with Crippen LogP contribution >= 0.6 is 0 Å². The Bertz CT molecular complexity index is 483. The van der Waals surface area contributed by atoms with Crippen LogP contribution in [0, 0.1) is 13.8 Å². The van der Waals surface area contributed by atoms with Gasteiger partial charge >= 0.3 is 6.03 Å². The molecule has 0 aliphatic carbocycles. The second kappa shape index (κ2) is 4.18. The molecule has 1 aromatic carbocycles. The number of rotatable bonds is 1. The van der Waals surface area contributed by atoms with E-state index in [1.54, 1.807) is 12.4 Å². The lowest BCUT2D eigenvalue weighted by atomic mass is 10.1. The number of hydrogen-bond acceptors (Lipinski definition) is 2. The third kappa shape index (κ3) is 1.95. The Balaban J connectivity index is 2.25. The van der Waals surface area contributed by atoms with Gasteiger partial charge in [0, 0.05) is 18.1 Å². The van der Waals surface area contributed by atoms with E-state index in [1.807, 2.05) is 32.0 Å². The number of hydrogen-bond donors (Lipinski definition) is 1. The Labute approximate surface area is 93.9 Å². The fraction of sp³-hybridized carbons (Fsp3) is 0.167. The lowest BCUT2D eigenvalue weighted by Crippen LogP contribution is -2.19. The van der Waals surface area contributed by atoms with Gasteiger partial charge in [-0.15, -0.1) is 0 Å². The van der Waals surface area contributed by atoms with Crippen molar-refractivity contribution in [2.24, 2.45) is 0 Å². The van der Waals surface area contributed by atoms with Crippen molar-refractivity contribution in [1.82, 2.24) is 9.55 Å². The first-order valence-corrected chi connectivity index (χ1v) is 5.04. The number of nitrogens with one attached hydrogen (secondary N) is 1. The second-order valence-corrected chi connectivity index (χ2v) is 3.67. The second-order valence-electron chi connectivity index (χ2n) is 3.67. The van der Waals surface area contributed by atoms with Gasteiger partial charge in [0.1, 0.15) is 6.33 Å². The summed E-state index contributed by atoms with van der Waals surface area (Å²) in [5, 5.41) is 2.86. The third-order valence-electron chi connectivity index (χ3n) is 2.45. The molecule has 82 valence electrons. The summed E-state index contributed by atoms with van der Waals surface area (Å²) in [6.07, 6.45) is 4.66. The van der Waals surface area contributed by atoms with E-state index < -0.39 is 0 Å². The van der Waals surface area contributed by atoms with Crippen molar-refractivity contribution in [2.45, 2.75) is 13.8 Å². The zero-order chi connectivity index (χ0) is 11.5. The van der Waals surface area contributed by atoms with Crippen LogP contribution in [0.4, 0.5) is 10.5 Å². The number of benzene rings is 1. The molecule has 16 heavy (non-hydrogen) atoms. The highest BCUT2D eigenvalue weighted by atomic mass is 16.2. The van der Waals surface area contributed by atoms with E-state index in [2.05, 4.69) is 10.3 Å². The summed E-state index contributed by atoms with van der Waals surface area (Å²) in [4.78, 5) is 15.6. The molecule has 4 nitrogen and oxygen atoms in total. The van der Waals surface area contributed by atoms with Crippen LogP contribution in [0.1, 0.15) is 11.1 Å². The van der Waals surface area contributed by atoms with E-state index in [4.69, 9.17) is 0 Å². The Morgan fingerprint density at radius 2 is 2.00 bits per heavy atom. The first kappa shape index (κ1) is 10.4. The van der Waals surface area contributed by atoms with E-state index in [-0.39, 0.29) is 6.03 Å². The first-order chi connectivity index (χ1) is 7.68. The minimum Gasteiger partial charge on any atom is -0.307 e. The van der Waals surface area contributed by atoms with E-state index in [9.17, 15) is 4.79 Å². The van der Waals surface area contributed by atoms with Gasteiger partial charge < -0.3 is 5.32 Å². The first-order valence-electron chi connectivity index (χ1n) is 5.04. The molecule has 0 radical (unpaired) electrons. The number of imidazole rings is 1. The Hall–Kier alpha value is -2.10. The molecule has 0 bridgehead atoms. The maximum Gasteiger partial charge on any atom is 0.331 e. The lowest BCUT2D eigenvalue weighted by molar-refractivity contribution is 0.253. The van der Waals surface area contributed by atoms with Crippen molar-refractivity contribution >= 4 is 11.7 Å². The van der Waals surface area contributed by atoms with Gasteiger partial charge in [0.05, 0.1) is 0 Å². The fourth-order valence-corrected chi connectivity index (χ4v) is 1.56. The summed E-state index contributed by atoms with van der Waals surface area (Å²) in [5.74, 6) is 0. The monoisotopic (exact) mass is 215 g/mol. The summed E-state index contributed by atoms with van der Waals surface area (Å²) >= 11 is 0. The molecule has 0 aliphatic rings. The quantitative estimate of drug-likeness (QED) is 0.794. The molecule has 0 saturated heterocycles. The van der Waals surface area contributed by atoms with E-state index in [1.165, 1.54) is 10.9 Å². The van der Waals surface area contributed by atoms with Gasteiger partial charge in [-0.2, -0.15) is 0 Å². The lowest BCUT2D eigenvalue weighted by Gasteiger charge is -2.11. The van der Waals surface area contributed by atoms with Crippen LogP contribution in [0.5, 0.6) is 0 Å². The largest absolute Gasteiger partial charge is 0.331 e. The number of carbonyl (C=O) groups excluding carboxylic acids is 1. The van der Waals surface area contributed by atoms with E-state index in [0.717, 1.165) is 16.8 Å². The number of aromatic nitrogens is 2. The highest BCUT2D eigenvalue weighted by molar-refractivity contribution is 5.92. The van der Waals surface area contributed by atoms with Gasteiger partial charge in [-0.1, -0.05) is 18.2 Å². The summed E-state index contributed by atoms with van der Waals surface area (Å²) < 4.78 is 1.41. The molecule has 0 fully saturated rings. The molecular formula is C12H13N3O. The van der Waals surface area contributed by atoms with Gasteiger partial charge in [-0.05, 0) is 25.0 Å². The molecule has 1 amide bonds. The number of nitrogens with zero attached hydrogens (tertiary/aromatic N) is 2. The van der Waals surface area contributed by atoms with Crippen molar-refractivity contribution in [1.29, 1.82) is 0 Å². The van der Waals surface area contributed by atoms with E-state index in [0.29, 0.717) is 0 Å². The molecule has 0 saturated carbocycles. The normalized spacial score (nSPS) is 10.1. The standard InChI is InChI=1S/C12H13N3O/c1-9-4-3-5-10(2)11(9)14-12(16)15-7-6-13-8-15/h3-8H,1-2H3,(H,14,16). The molecule has 2 aromatic rings. The third-order valence-corrected chi connectivity index (χ3v) is 2.45. The number of carbonyl (C=O) groups is 1. The van der Waals surface area contributed by atoms with Gasteiger partial charge in [0.2, 0.25) is 0 Å². The Kier molecular flexibility index (Phi) is 2.72. The minimum absolute atomic E-state index is 0.199. The van der Waals surface area contributed by atoms with Gasteiger partial charge in [-0.25, -0.2) is 9.78 Å². The fourth-order valence-electron chi connectivity index (χ4n) is 1.56. The van der Waals surface area contributed by atoms with Crippen LogP contribution < -0.4 is 5.32 Å². The maximum absolute atomic E-state index is 11.8. The van der Waals surface area contributed by atoms with Crippen molar-refractivity contribution < 1.29 is 4.79 Å². The van der Waals surface area contributed by atoms with Crippen LogP contribution in [0.3, 0.4) is 0 Å². The molecule has 1 aromatic heterocycles. The van der Waals surface area contributed by atoms with Crippen molar-refractivity contribution in [3.8, 4) is 0 Å². The number of para-hydroxylation sites is 1. The van der Waals surface area contributed by atoms with Crippen LogP contribution in [-0.2, 0) is 0 Å². The summed E-state index contributed by atoms with van der Waals surface area (Å²) in [5.41, 5.74) is 2.96. The average molecular weight is 215 g/mol.